The highest BCUT2D eigenvalue weighted by Gasteiger charge is 2.35. The third-order valence-electron chi connectivity index (χ3n) is 4.86. The third-order valence-corrected chi connectivity index (χ3v) is 4.86. The lowest BCUT2D eigenvalue weighted by atomic mass is 10.0. The maximum Gasteiger partial charge on any atom is 0.115 e. The average molecular weight is 329 g/mol. The first kappa shape index (κ1) is 16.1. The number of hydrogen-bond donors (Lipinski definition) is 0. The van der Waals surface area contributed by atoms with Crippen molar-refractivity contribution < 1.29 is 4.74 Å². The monoisotopic (exact) mass is 329 g/mol. The quantitative estimate of drug-likeness (QED) is 0.665. The van der Waals surface area contributed by atoms with E-state index in [4.69, 9.17) is 4.74 Å². The Kier molecular flexibility index (Phi) is 4.91. The first-order chi connectivity index (χ1) is 12.4. The van der Waals surface area contributed by atoms with Crippen molar-refractivity contribution in [2.75, 3.05) is 6.61 Å². The minimum atomic E-state index is 0.104. The van der Waals surface area contributed by atoms with Gasteiger partial charge in [-0.15, -0.1) is 0 Å². The topological polar surface area (TPSA) is 12.5 Å². The van der Waals surface area contributed by atoms with E-state index in [1.165, 1.54) is 16.7 Å². The predicted octanol–water partition coefficient (Wildman–Crippen LogP) is 4.83. The zero-order valence-electron chi connectivity index (χ0n) is 14.3. The van der Waals surface area contributed by atoms with Crippen molar-refractivity contribution in [2.24, 2.45) is 0 Å². The summed E-state index contributed by atoms with van der Waals surface area (Å²) in [7, 11) is 0. The van der Waals surface area contributed by atoms with Crippen LogP contribution in [0.15, 0.2) is 91.0 Å². The van der Waals surface area contributed by atoms with Gasteiger partial charge >= 0.3 is 0 Å². The SMILES string of the molecule is c1ccc(C[C@H]2OC[C@@H](c3ccccc3)N2Cc2ccccc2)cc1. The Labute approximate surface area is 149 Å². The van der Waals surface area contributed by atoms with Gasteiger partial charge < -0.3 is 4.74 Å². The molecule has 25 heavy (non-hydrogen) atoms. The second-order valence-corrected chi connectivity index (χ2v) is 6.56. The number of rotatable bonds is 5. The van der Waals surface area contributed by atoms with Gasteiger partial charge in [-0.05, 0) is 16.7 Å². The van der Waals surface area contributed by atoms with Crippen molar-refractivity contribution in [1.82, 2.24) is 4.90 Å². The van der Waals surface area contributed by atoms with Crippen LogP contribution in [0.3, 0.4) is 0 Å². The van der Waals surface area contributed by atoms with Gasteiger partial charge in [0, 0.05) is 13.0 Å². The Bertz CT molecular complexity index is 773. The lowest BCUT2D eigenvalue weighted by Crippen LogP contribution is -2.33. The van der Waals surface area contributed by atoms with E-state index in [9.17, 15) is 0 Å². The molecule has 3 aromatic carbocycles. The highest BCUT2D eigenvalue weighted by atomic mass is 16.5. The van der Waals surface area contributed by atoms with Gasteiger partial charge in [0.25, 0.3) is 0 Å². The van der Waals surface area contributed by atoms with E-state index in [1.807, 2.05) is 0 Å². The largest absolute Gasteiger partial charge is 0.361 e. The van der Waals surface area contributed by atoms with Crippen molar-refractivity contribution >= 4 is 0 Å². The Balaban J connectivity index is 1.59. The second-order valence-electron chi connectivity index (χ2n) is 6.56. The molecule has 2 atom stereocenters. The minimum Gasteiger partial charge on any atom is -0.361 e. The van der Waals surface area contributed by atoms with Gasteiger partial charge in [-0.3, -0.25) is 4.90 Å². The molecule has 0 amide bonds. The van der Waals surface area contributed by atoms with E-state index in [0.29, 0.717) is 6.04 Å². The summed E-state index contributed by atoms with van der Waals surface area (Å²) in [5, 5.41) is 0. The van der Waals surface area contributed by atoms with Crippen LogP contribution in [0, 0.1) is 0 Å². The summed E-state index contributed by atoms with van der Waals surface area (Å²) in [6.07, 6.45) is 1.02. The summed E-state index contributed by atoms with van der Waals surface area (Å²) >= 11 is 0. The highest BCUT2D eigenvalue weighted by Crippen LogP contribution is 2.33. The minimum absolute atomic E-state index is 0.104. The summed E-state index contributed by atoms with van der Waals surface area (Å²) < 4.78 is 6.23. The fourth-order valence-electron chi connectivity index (χ4n) is 3.56. The molecule has 1 saturated heterocycles. The number of nitrogens with zero attached hydrogens (tertiary/aromatic N) is 1. The van der Waals surface area contributed by atoms with Crippen LogP contribution in [0.2, 0.25) is 0 Å². The zero-order chi connectivity index (χ0) is 16.9. The zero-order valence-corrected chi connectivity index (χ0v) is 14.3. The Morgan fingerprint density at radius 3 is 1.92 bits per heavy atom. The molecule has 2 nitrogen and oxygen atoms in total. The van der Waals surface area contributed by atoms with Gasteiger partial charge in [0.05, 0.1) is 12.6 Å². The first-order valence-corrected chi connectivity index (χ1v) is 8.90. The van der Waals surface area contributed by atoms with Crippen molar-refractivity contribution in [3.05, 3.63) is 108 Å². The van der Waals surface area contributed by atoms with Crippen LogP contribution in [0.5, 0.6) is 0 Å². The van der Waals surface area contributed by atoms with E-state index in [-0.39, 0.29) is 6.23 Å². The molecule has 1 aliphatic heterocycles. The Hall–Kier alpha value is -2.42. The highest BCUT2D eigenvalue weighted by molar-refractivity contribution is 5.23. The fraction of sp³-hybridized carbons (Fsp3) is 0.217. The van der Waals surface area contributed by atoms with Gasteiger partial charge in [-0.1, -0.05) is 91.0 Å². The van der Waals surface area contributed by atoms with E-state index in [0.717, 1.165) is 19.6 Å². The molecule has 1 heterocycles. The average Bonchev–Trinajstić information content (AvgIpc) is 3.06. The molecule has 4 rings (SSSR count). The molecule has 0 aromatic heterocycles. The van der Waals surface area contributed by atoms with Crippen LogP contribution in [-0.4, -0.2) is 17.7 Å². The molecule has 1 fully saturated rings. The number of hydrogen-bond acceptors (Lipinski definition) is 2. The number of ether oxygens (including phenoxy) is 1. The van der Waals surface area contributed by atoms with Crippen LogP contribution in [0.4, 0.5) is 0 Å². The molecule has 0 aliphatic carbocycles. The van der Waals surface area contributed by atoms with Crippen LogP contribution in [-0.2, 0) is 17.7 Å². The van der Waals surface area contributed by atoms with Gasteiger partial charge in [-0.25, -0.2) is 0 Å². The molecule has 0 radical (unpaired) electrons. The molecule has 0 unspecified atom stereocenters. The van der Waals surface area contributed by atoms with Crippen molar-refractivity contribution in [1.29, 1.82) is 0 Å². The molecular formula is C23H23NO. The van der Waals surface area contributed by atoms with Gasteiger partial charge in [-0.2, -0.15) is 0 Å². The summed E-state index contributed by atoms with van der Waals surface area (Å²) in [5.41, 5.74) is 3.97. The van der Waals surface area contributed by atoms with E-state index in [1.54, 1.807) is 0 Å². The Morgan fingerprint density at radius 2 is 1.28 bits per heavy atom. The van der Waals surface area contributed by atoms with Crippen LogP contribution in [0.1, 0.15) is 22.7 Å². The third kappa shape index (κ3) is 3.81. The van der Waals surface area contributed by atoms with E-state index < -0.39 is 0 Å². The smallest absolute Gasteiger partial charge is 0.115 e. The van der Waals surface area contributed by atoms with Gasteiger partial charge in [0.1, 0.15) is 6.23 Å². The van der Waals surface area contributed by atoms with E-state index >= 15 is 0 Å². The lowest BCUT2D eigenvalue weighted by molar-refractivity contribution is 0.0266. The second kappa shape index (κ2) is 7.64. The molecule has 3 aromatic rings. The molecule has 0 bridgehead atoms. The van der Waals surface area contributed by atoms with Gasteiger partial charge in [0.2, 0.25) is 0 Å². The standard InChI is InChI=1S/C23H23NO/c1-4-10-19(11-5-1)16-23-24(17-20-12-6-2-7-13-20)22(18-25-23)21-14-8-3-9-15-21/h1-15,22-23H,16-18H2/t22-,23+/m0/s1. The molecule has 1 aliphatic rings. The fourth-order valence-corrected chi connectivity index (χ4v) is 3.56. The normalized spacial score (nSPS) is 20.6. The summed E-state index contributed by atoms with van der Waals surface area (Å²) in [5.74, 6) is 0. The summed E-state index contributed by atoms with van der Waals surface area (Å²) in [6.45, 7) is 1.65. The lowest BCUT2D eigenvalue weighted by Gasteiger charge is -2.28. The molecule has 2 heteroatoms. The predicted molar refractivity (Wildman–Crippen MR) is 101 cm³/mol. The summed E-state index contributed by atoms with van der Waals surface area (Å²) in [4.78, 5) is 2.50. The van der Waals surface area contributed by atoms with Crippen LogP contribution >= 0.6 is 0 Å². The Morgan fingerprint density at radius 1 is 0.720 bits per heavy atom. The molecule has 0 N–H and O–H groups in total. The maximum atomic E-state index is 6.23. The van der Waals surface area contributed by atoms with Crippen molar-refractivity contribution in [3.63, 3.8) is 0 Å². The molecule has 0 saturated carbocycles. The molecule has 126 valence electrons. The van der Waals surface area contributed by atoms with Gasteiger partial charge in [0.15, 0.2) is 0 Å². The first-order valence-electron chi connectivity index (χ1n) is 8.90. The molecule has 0 spiro atoms. The van der Waals surface area contributed by atoms with Crippen LogP contribution < -0.4 is 0 Å². The molecular weight excluding hydrogens is 306 g/mol. The number of benzene rings is 3. The van der Waals surface area contributed by atoms with Crippen molar-refractivity contribution in [3.8, 4) is 0 Å². The van der Waals surface area contributed by atoms with Crippen molar-refractivity contribution in [2.45, 2.75) is 25.2 Å². The maximum absolute atomic E-state index is 6.23. The summed E-state index contributed by atoms with van der Waals surface area (Å²) in [6, 6.07) is 32.3. The van der Waals surface area contributed by atoms with Crippen LogP contribution in [0.25, 0.3) is 0 Å². The van der Waals surface area contributed by atoms with E-state index in [2.05, 4.69) is 95.9 Å².